The molecule has 72 valence electrons. The van der Waals surface area contributed by atoms with Crippen molar-refractivity contribution >= 4 is 0 Å². The van der Waals surface area contributed by atoms with Crippen LogP contribution in [0.4, 0.5) is 0 Å². The van der Waals surface area contributed by atoms with Crippen LogP contribution in [-0.2, 0) is 4.74 Å². The molecule has 1 aromatic rings. The number of rotatable bonds is 2. The van der Waals surface area contributed by atoms with Crippen molar-refractivity contribution in [3.8, 4) is 11.8 Å². The van der Waals surface area contributed by atoms with Gasteiger partial charge in [0.05, 0.1) is 24.8 Å². The number of hydrogen-bond donors (Lipinski definition) is 0. The summed E-state index contributed by atoms with van der Waals surface area (Å²) in [7, 11) is 0. The van der Waals surface area contributed by atoms with Gasteiger partial charge in [-0.3, -0.25) is 0 Å². The van der Waals surface area contributed by atoms with Crippen molar-refractivity contribution in [2.75, 3.05) is 13.2 Å². The first kappa shape index (κ1) is 9.04. The average molecular weight is 189 g/mol. The van der Waals surface area contributed by atoms with Crippen molar-refractivity contribution in [2.24, 2.45) is 0 Å². The summed E-state index contributed by atoms with van der Waals surface area (Å²) in [6.45, 7) is 3.24. The second kappa shape index (κ2) is 3.69. The van der Waals surface area contributed by atoms with Crippen LogP contribution in [0.3, 0.4) is 0 Å². The minimum atomic E-state index is 0.183. The molecule has 1 aliphatic rings. The SMILES string of the molecule is Cc1cc(OC2COC2)ccc1C#N. The van der Waals surface area contributed by atoms with Crippen LogP contribution in [-0.4, -0.2) is 19.3 Å². The molecule has 2 rings (SSSR count). The largest absolute Gasteiger partial charge is 0.486 e. The number of nitrogens with zero attached hydrogens (tertiary/aromatic N) is 1. The molecule has 0 unspecified atom stereocenters. The number of hydrogen-bond acceptors (Lipinski definition) is 3. The van der Waals surface area contributed by atoms with Crippen LogP contribution in [0.15, 0.2) is 18.2 Å². The van der Waals surface area contributed by atoms with Crippen LogP contribution < -0.4 is 4.74 Å². The summed E-state index contributed by atoms with van der Waals surface area (Å²) in [5, 5.41) is 8.74. The lowest BCUT2D eigenvalue weighted by Gasteiger charge is -2.26. The van der Waals surface area contributed by atoms with Gasteiger partial charge in [-0.25, -0.2) is 0 Å². The maximum absolute atomic E-state index is 8.74. The summed E-state index contributed by atoms with van der Waals surface area (Å²) in [6.07, 6.45) is 0.183. The smallest absolute Gasteiger partial charge is 0.145 e. The molecule has 3 heteroatoms. The minimum absolute atomic E-state index is 0.183. The average Bonchev–Trinajstić information content (AvgIpc) is 2.12. The molecule has 1 heterocycles. The third-order valence-electron chi connectivity index (χ3n) is 2.23. The Morgan fingerprint density at radius 3 is 2.79 bits per heavy atom. The zero-order chi connectivity index (χ0) is 9.97. The molecule has 3 nitrogen and oxygen atoms in total. The van der Waals surface area contributed by atoms with Gasteiger partial charge in [-0.2, -0.15) is 5.26 Å². The molecule has 0 saturated carbocycles. The monoisotopic (exact) mass is 189 g/mol. The lowest BCUT2D eigenvalue weighted by Crippen LogP contribution is -2.38. The van der Waals surface area contributed by atoms with E-state index in [-0.39, 0.29) is 6.10 Å². The Morgan fingerprint density at radius 2 is 2.29 bits per heavy atom. The van der Waals surface area contributed by atoms with Gasteiger partial charge in [-0.15, -0.1) is 0 Å². The van der Waals surface area contributed by atoms with Gasteiger partial charge in [0.2, 0.25) is 0 Å². The second-order valence-corrected chi connectivity index (χ2v) is 3.37. The van der Waals surface area contributed by atoms with E-state index >= 15 is 0 Å². The van der Waals surface area contributed by atoms with Crippen LogP contribution in [0.1, 0.15) is 11.1 Å². The minimum Gasteiger partial charge on any atom is -0.486 e. The first-order valence-corrected chi connectivity index (χ1v) is 4.55. The lowest BCUT2D eigenvalue weighted by atomic mass is 10.1. The first-order valence-electron chi connectivity index (χ1n) is 4.55. The van der Waals surface area contributed by atoms with Crippen LogP contribution >= 0.6 is 0 Å². The fraction of sp³-hybridized carbons (Fsp3) is 0.364. The molecule has 0 bridgehead atoms. The van der Waals surface area contributed by atoms with E-state index in [1.807, 2.05) is 19.1 Å². The van der Waals surface area contributed by atoms with E-state index in [2.05, 4.69) is 6.07 Å². The van der Waals surface area contributed by atoms with Gasteiger partial charge in [0.1, 0.15) is 11.9 Å². The molecule has 0 N–H and O–H groups in total. The van der Waals surface area contributed by atoms with Gasteiger partial charge in [0.25, 0.3) is 0 Å². The van der Waals surface area contributed by atoms with E-state index < -0.39 is 0 Å². The van der Waals surface area contributed by atoms with Gasteiger partial charge < -0.3 is 9.47 Å². The molecule has 1 saturated heterocycles. The predicted molar refractivity (Wildman–Crippen MR) is 51.1 cm³/mol. The molecule has 0 atom stereocenters. The highest BCUT2D eigenvalue weighted by atomic mass is 16.6. The van der Waals surface area contributed by atoms with E-state index in [1.54, 1.807) is 6.07 Å². The Morgan fingerprint density at radius 1 is 1.50 bits per heavy atom. The Bertz CT molecular complexity index is 377. The third kappa shape index (κ3) is 1.70. The van der Waals surface area contributed by atoms with Gasteiger partial charge in [-0.05, 0) is 30.7 Å². The number of aryl methyl sites for hydroxylation is 1. The van der Waals surface area contributed by atoms with Crippen molar-refractivity contribution in [1.29, 1.82) is 5.26 Å². The molecule has 1 aliphatic heterocycles. The van der Waals surface area contributed by atoms with Gasteiger partial charge in [0, 0.05) is 0 Å². The van der Waals surface area contributed by atoms with Crippen molar-refractivity contribution < 1.29 is 9.47 Å². The fourth-order valence-electron chi connectivity index (χ4n) is 1.31. The summed E-state index contributed by atoms with van der Waals surface area (Å²) in [5.74, 6) is 0.815. The zero-order valence-electron chi connectivity index (χ0n) is 7.99. The van der Waals surface area contributed by atoms with E-state index in [1.165, 1.54) is 0 Å². The molecule has 0 aliphatic carbocycles. The van der Waals surface area contributed by atoms with Crippen molar-refractivity contribution in [2.45, 2.75) is 13.0 Å². The molecule has 0 aromatic heterocycles. The van der Waals surface area contributed by atoms with Crippen molar-refractivity contribution in [3.05, 3.63) is 29.3 Å². The van der Waals surface area contributed by atoms with E-state index in [0.717, 1.165) is 11.3 Å². The zero-order valence-corrected chi connectivity index (χ0v) is 7.99. The molecule has 0 radical (unpaired) electrons. The summed E-state index contributed by atoms with van der Waals surface area (Å²) in [4.78, 5) is 0. The van der Waals surface area contributed by atoms with Gasteiger partial charge in [0.15, 0.2) is 0 Å². The van der Waals surface area contributed by atoms with Crippen molar-refractivity contribution in [1.82, 2.24) is 0 Å². The van der Waals surface area contributed by atoms with Crippen LogP contribution in [0.5, 0.6) is 5.75 Å². The quantitative estimate of drug-likeness (QED) is 0.710. The molecule has 0 spiro atoms. The molecular formula is C11H11NO2. The lowest BCUT2D eigenvalue weighted by molar-refractivity contribution is -0.0797. The van der Waals surface area contributed by atoms with E-state index in [9.17, 15) is 0 Å². The highest BCUT2D eigenvalue weighted by molar-refractivity contribution is 5.41. The molecule has 1 fully saturated rings. The standard InChI is InChI=1S/C11H11NO2/c1-8-4-10(3-2-9(8)5-12)14-11-6-13-7-11/h2-4,11H,6-7H2,1H3. The summed E-state index contributed by atoms with van der Waals surface area (Å²) >= 11 is 0. The maximum atomic E-state index is 8.74. The fourth-order valence-corrected chi connectivity index (χ4v) is 1.31. The second-order valence-electron chi connectivity index (χ2n) is 3.37. The third-order valence-corrected chi connectivity index (χ3v) is 2.23. The van der Waals surface area contributed by atoms with Crippen LogP contribution in [0.2, 0.25) is 0 Å². The van der Waals surface area contributed by atoms with E-state index in [0.29, 0.717) is 18.8 Å². The number of nitriles is 1. The Kier molecular flexibility index (Phi) is 2.38. The highest BCUT2D eigenvalue weighted by Crippen LogP contribution is 2.19. The van der Waals surface area contributed by atoms with Crippen LogP contribution in [0, 0.1) is 18.3 Å². The van der Waals surface area contributed by atoms with Crippen LogP contribution in [0.25, 0.3) is 0 Å². The Balaban J connectivity index is 2.12. The number of ether oxygens (including phenoxy) is 2. The summed E-state index contributed by atoms with van der Waals surface area (Å²) < 4.78 is 10.6. The van der Waals surface area contributed by atoms with Gasteiger partial charge >= 0.3 is 0 Å². The molecule has 1 aromatic carbocycles. The molecular weight excluding hydrogens is 178 g/mol. The predicted octanol–water partition coefficient (Wildman–Crippen LogP) is 1.64. The van der Waals surface area contributed by atoms with Gasteiger partial charge in [-0.1, -0.05) is 0 Å². The summed E-state index contributed by atoms with van der Waals surface area (Å²) in [6, 6.07) is 7.61. The Labute approximate surface area is 82.9 Å². The molecule has 14 heavy (non-hydrogen) atoms. The summed E-state index contributed by atoms with van der Waals surface area (Å²) in [5.41, 5.74) is 1.65. The maximum Gasteiger partial charge on any atom is 0.145 e. The normalized spacial score (nSPS) is 15.7. The molecule has 0 amide bonds. The first-order chi connectivity index (χ1) is 6.79. The number of benzene rings is 1. The topological polar surface area (TPSA) is 42.2 Å². The van der Waals surface area contributed by atoms with Crippen molar-refractivity contribution in [3.63, 3.8) is 0 Å². The van der Waals surface area contributed by atoms with E-state index in [4.69, 9.17) is 14.7 Å². The Hall–Kier alpha value is -1.53. The highest BCUT2D eigenvalue weighted by Gasteiger charge is 2.19.